The first-order valence-corrected chi connectivity index (χ1v) is 19.7. The van der Waals surface area contributed by atoms with Gasteiger partial charge in [0.1, 0.15) is 31.6 Å². The van der Waals surface area contributed by atoms with Crippen LogP contribution in [0.1, 0.15) is 47.5 Å². The third-order valence-electron chi connectivity index (χ3n) is 8.30. The molecule has 5 heterocycles. The Labute approximate surface area is 456 Å². The zero-order chi connectivity index (χ0) is 41.6. The SMILES string of the molecule is CC(Cl)Cl.Cc1noc(C)c1-c1nn(C)c2cc(F)c(Br)cc12.Cn1cc(B2OC(C)(C)C(C)(C)O2)cn1.Cn1nc(I)c2cc(Br)c(F)cc21.O=CO[O-].[H-].[K+].[K+]. The van der Waals surface area contributed by atoms with Crippen LogP contribution in [0.15, 0.2) is 50.1 Å². The van der Waals surface area contributed by atoms with Crippen molar-refractivity contribution >= 4 is 119 Å². The Bertz CT molecular complexity index is 2190. The molecule has 1 aliphatic rings. The number of halogens is 7. The molecule has 7 rings (SSSR count). The fraction of sp³-hybridized carbons (Fsp3) is 0.382. The zero-order valence-electron chi connectivity index (χ0n) is 34.4. The molecule has 0 saturated carbocycles. The van der Waals surface area contributed by atoms with Crippen LogP contribution in [0.4, 0.5) is 8.78 Å². The smallest absolute Gasteiger partial charge is 1.00 e. The van der Waals surface area contributed by atoms with E-state index in [-0.39, 0.29) is 145 Å². The van der Waals surface area contributed by atoms with Gasteiger partial charge in [-0.15, -0.1) is 23.2 Å². The van der Waals surface area contributed by atoms with Crippen LogP contribution >= 0.6 is 77.7 Å². The number of carbonyl (C=O) groups is 1. The van der Waals surface area contributed by atoms with Gasteiger partial charge < -0.3 is 25.4 Å². The number of fused-ring (bicyclic) bond motifs is 2. The van der Waals surface area contributed by atoms with E-state index < -0.39 is 0 Å². The number of rotatable bonds is 3. The summed E-state index contributed by atoms with van der Waals surface area (Å²) in [7, 11) is 5.17. The van der Waals surface area contributed by atoms with Crippen LogP contribution in [-0.2, 0) is 40.1 Å². The average Bonchev–Trinajstić information content (AvgIpc) is 3.87. The van der Waals surface area contributed by atoms with Crippen molar-refractivity contribution in [3.05, 3.63) is 72.4 Å². The second-order valence-electron chi connectivity index (χ2n) is 12.9. The first kappa shape index (κ1) is 55.6. The van der Waals surface area contributed by atoms with E-state index in [0.717, 1.165) is 47.9 Å². The Morgan fingerprint density at radius 2 is 1.40 bits per heavy atom. The molecule has 2 aromatic carbocycles. The van der Waals surface area contributed by atoms with Gasteiger partial charge in [0.15, 0.2) is 0 Å². The molecule has 0 radical (unpaired) electrons. The number of hydrogen-bond acceptors (Lipinski definition) is 10. The normalized spacial score (nSPS) is 13.5. The molecule has 0 bridgehead atoms. The summed E-state index contributed by atoms with van der Waals surface area (Å²) in [6.45, 7) is 13.4. The first-order valence-electron chi connectivity index (χ1n) is 16.1. The summed E-state index contributed by atoms with van der Waals surface area (Å²) in [5.74, 6) is 0.144. The molecule has 6 aromatic rings. The number of aromatic nitrogens is 7. The van der Waals surface area contributed by atoms with Crippen molar-refractivity contribution < 1.29 is 142 Å². The minimum Gasteiger partial charge on any atom is -1.00 e. The maximum absolute atomic E-state index is 13.6. The fourth-order valence-electron chi connectivity index (χ4n) is 5.01. The summed E-state index contributed by atoms with van der Waals surface area (Å²) >= 11 is 18.6. The number of hydrogen-bond donors (Lipinski definition) is 0. The van der Waals surface area contributed by atoms with E-state index >= 15 is 0 Å². The van der Waals surface area contributed by atoms with Crippen LogP contribution in [-0.4, -0.2) is 64.1 Å². The van der Waals surface area contributed by atoms with Crippen LogP contribution in [0, 0.1) is 29.2 Å². The van der Waals surface area contributed by atoms with E-state index in [1.807, 2.05) is 54.8 Å². The third kappa shape index (κ3) is 14.9. The molecule has 0 spiro atoms. The maximum Gasteiger partial charge on any atom is 1.00 e. The van der Waals surface area contributed by atoms with E-state index in [2.05, 4.69) is 79.8 Å². The van der Waals surface area contributed by atoms with Gasteiger partial charge >= 0.3 is 110 Å². The fourth-order valence-corrected chi connectivity index (χ4v) is 6.45. The molecule has 0 unspecified atom stereocenters. The van der Waals surface area contributed by atoms with Crippen molar-refractivity contribution in [2.45, 2.75) is 64.5 Å². The van der Waals surface area contributed by atoms with E-state index in [4.69, 9.17) is 47.1 Å². The summed E-state index contributed by atoms with van der Waals surface area (Å²) in [5, 5.41) is 27.0. The van der Waals surface area contributed by atoms with Gasteiger partial charge in [-0.2, -0.15) is 15.3 Å². The topological polar surface area (TPSA) is 147 Å². The number of nitrogens with zero attached hydrogens (tertiary/aromatic N) is 7. The third-order valence-corrected chi connectivity index (χ3v) is 10.3. The molecule has 57 heavy (non-hydrogen) atoms. The molecule has 1 aliphatic heterocycles. The summed E-state index contributed by atoms with van der Waals surface area (Å²) in [6, 6.07) is 6.43. The van der Waals surface area contributed by atoms with E-state index in [1.165, 1.54) is 12.1 Å². The number of alkyl halides is 2. The van der Waals surface area contributed by atoms with Crippen LogP contribution in [0.25, 0.3) is 33.1 Å². The summed E-state index contributed by atoms with van der Waals surface area (Å²) in [5.41, 5.74) is 4.34. The van der Waals surface area contributed by atoms with Crippen molar-refractivity contribution in [1.82, 2.24) is 34.5 Å². The van der Waals surface area contributed by atoms with E-state index in [1.54, 1.807) is 53.4 Å². The van der Waals surface area contributed by atoms with Crippen LogP contribution < -0.4 is 113 Å². The van der Waals surface area contributed by atoms with Crippen molar-refractivity contribution in [2.75, 3.05) is 0 Å². The van der Waals surface area contributed by atoms with Gasteiger partial charge in [-0.05, 0) is 115 Å². The minimum atomic E-state index is -0.305. The quantitative estimate of drug-likeness (QED) is 0.0644. The molecule has 1 fully saturated rings. The number of aryl methyl sites for hydroxylation is 5. The summed E-state index contributed by atoms with van der Waals surface area (Å²) in [4.78, 5) is 11.0. The average molecular weight is 1130 g/mol. The van der Waals surface area contributed by atoms with Gasteiger partial charge in [0.2, 0.25) is 0 Å². The van der Waals surface area contributed by atoms with Gasteiger partial charge in [-0.25, -0.2) is 8.78 Å². The van der Waals surface area contributed by atoms with Crippen LogP contribution in [0.3, 0.4) is 0 Å². The monoisotopic (exact) mass is 1120 g/mol. The van der Waals surface area contributed by atoms with Gasteiger partial charge in [-0.1, -0.05) is 5.16 Å². The predicted octanol–water partition coefficient (Wildman–Crippen LogP) is 1.91. The Hall–Kier alpha value is 0.618. The zero-order valence-corrected chi connectivity index (χ0v) is 46.5. The molecule has 23 heteroatoms. The molecule has 1 saturated heterocycles. The number of carbonyl (C=O) groups excluding carboxylic acids is 1. The van der Waals surface area contributed by atoms with Crippen molar-refractivity contribution in [3.8, 4) is 11.3 Å². The molecule has 0 N–H and O–H groups in total. The van der Waals surface area contributed by atoms with Gasteiger partial charge in [0.25, 0.3) is 6.47 Å². The van der Waals surface area contributed by atoms with Gasteiger partial charge in [0.05, 0.1) is 42.4 Å². The molecule has 13 nitrogen and oxygen atoms in total. The first-order chi connectivity index (χ1) is 25.5. The summed E-state index contributed by atoms with van der Waals surface area (Å²) in [6.07, 6.45) is 3.70. The van der Waals surface area contributed by atoms with Crippen LogP contribution in [0.5, 0.6) is 0 Å². The Morgan fingerprint density at radius 3 is 1.82 bits per heavy atom. The number of benzene rings is 2. The largest absolute Gasteiger partial charge is 1.00 e. The van der Waals surface area contributed by atoms with Crippen molar-refractivity contribution in [2.24, 2.45) is 21.1 Å². The van der Waals surface area contributed by atoms with E-state index in [9.17, 15) is 8.78 Å². The summed E-state index contributed by atoms with van der Waals surface area (Å²) < 4.78 is 50.6. The van der Waals surface area contributed by atoms with E-state index in [0.29, 0.717) is 14.7 Å². The minimum absolute atomic E-state index is 0. The van der Waals surface area contributed by atoms with Crippen molar-refractivity contribution in [1.29, 1.82) is 0 Å². The Morgan fingerprint density at radius 1 is 0.947 bits per heavy atom. The molecule has 0 amide bonds. The molecular weight excluding hydrogens is 1090 g/mol. The molecule has 4 aromatic heterocycles. The molecule has 300 valence electrons. The molecule has 0 atom stereocenters. The predicted molar refractivity (Wildman–Crippen MR) is 223 cm³/mol. The van der Waals surface area contributed by atoms with Crippen molar-refractivity contribution in [3.63, 3.8) is 0 Å². The second kappa shape index (κ2) is 24.5. The maximum atomic E-state index is 13.6. The Balaban J connectivity index is 0.000000760. The standard InChI is InChI=1S/C13H11BrFN3O.C10H17BN2O2.C8H5BrFIN2.C2H4Cl2.CH2O3.2K.H/c1-6-12(7(2)19-17-6)13-8-4-9(14)10(15)5-11(8)18(3)16-13;1-9(2)10(3,4)15-11(14-9)8-6-12-13(5)7-8;1-13-7-3-6(10)5(9)2-4(7)8(11)12-13;1-2(3)4;2-1-4-3;;;/h4-5H,1-3H3;6-7H,1-5H3;2-3H,1H3;2H,1H3;1,3H;;;/q;;;;;2*+1;-1/p-1. The molecule has 0 aliphatic carbocycles. The van der Waals surface area contributed by atoms with Gasteiger partial charge in [0, 0.05) is 61.9 Å². The Kier molecular flexibility index (Phi) is 23.9. The second-order valence-corrected chi connectivity index (χ2v) is 17.2. The van der Waals surface area contributed by atoms with Gasteiger partial charge in [-0.3, -0.25) is 18.8 Å². The molecular formula is C34H39BBr2Cl2F2IK2N7O6. The van der Waals surface area contributed by atoms with Crippen LogP contribution in [0.2, 0.25) is 0 Å².